The fraction of sp³-hybridized carbons (Fsp3) is 0.426. The zero-order valence-electron chi connectivity index (χ0n) is 34.6. The van der Waals surface area contributed by atoms with E-state index in [-0.39, 0.29) is 17.6 Å². The Morgan fingerprint density at radius 3 is 2.46 bits per heavy atom. The number of carbonyl (C=O) groups excluding carboxylic acids is 3. The van der Waals surface area contributed by atoms with E-state index in [9.17, 15) is 14.4 Å². The van der Waals surface area contributed by atoms with Gasteiger partial charge in [0.15, 0.2) is 10.8 Å². The van der Waals surface area contributed by atoms with Crippen LogP contribution in [0, 0.1) is 18.3 Å². The van der Waals surface area contributed by atoms with E-state index in [4.69, 9.17) is 19.2 Å². The fourth-order valence-electron chi connectivity index (χ4n) is 8.94. The second-order valence-corrected chi connectivity index (χ2v) is 18.2. The first-order valence-corrected chi connectivity index (χ1v) is 21.6. The van der Waals surface area contributed by atoms with Gasteiger partial charge in [0.1, 0.15) is 17.2 Å². The highest BCUT2D eigenvalue weighted by Gasteiger charge is 2.46. The van der Waals surface area contributed by atoms with E-state index in [1.807, 2.05) is 101 Å². The van der Waals surface area contributed by atoms with Gasteiger partial charge in [-0.1, -0.05) is 47.7 Å². The predicted molar refractivity (Wildman–Crippen MR) is 231 cm³/mol. The van der Waals surface area contributed by atoms with Crippen LogP contribution in [0.2, 0.25) is 0 Å². The molecule has 0 unspecified atom stereocenters. The second-order valence-electron chi connectivity index (χ2n) is 17.2. The van der Waals surface area contributed by atoms with Gasteiger partial charge >= 0.3 is 11.9 Å². The van der Waals surface area contributed by atoms with Gasteiger partial charge in [-0.2, -0.15) is 0 Å². The van der Waals surface area contributed by atoms with Gasteiger partial charge in [-0.15, -0.1) is 0 Å². The normalized spacial score (nSPS) is 16.7. The number of nitrogens with one attached hydrogen (secondary N) is 1. The number of ether oxygens (including phenoxy) is 3. The van der Waals surface area contributed by atoms with Crippen molar-refractivity contribution in [3.8, 4) is 16.9 Å². The number of piperidine rings is 1. The van der Waals surface area contributed by atoms with Crippen LogP contribution >= 0.6 is 11.3 Å². The summed E-state index contributed by atoms with van der Waals surface area (Å²) >= 11 is 1.45. The van der Waals surface area contributed by atoms with Crippen molar-refractivity contribution >= 4 is 50.3 Å². The Labute approximate surface area is 350 Å². The zero-order chi connectivity index (χ0) is 41.3. The van der Waals surface area contributed by atoms with Crippen LogP contribution in [0.25, 0.3) is 21.3 Å². The molecule has 1 N–H and O–H groups in total. The van der Waals surface area contributed by atoms with Crippen LogP contribution in [0.1, 0.15) is 90.9 Å². The molecule has 3 aromatic carbocycles. The molecule has 1 spiro atoms. The van der Waals surface area contributed by atoms with Gasteiger partial charge in [0.25, 0.3) is 5.91 Å². The highest BCUT2D eigenvalue weighted by Crippen LogP contribution is 2.52. The maximum Gasteiger partial charge on any atom is 0.358 e. The lowest BCUT2D eigenvalue weighted by Crippen LogP contribution is -2.49. The number of amides is 1. The predicted octanol–water partition coefficient (Wildman–Crippen LogP) is 8.87. The van der Waals surface area contributed by atoms with Crippen LogP contribution in [-0.4, -0.2) is 77.7 Å². The first-order valence-electron chi connectivity index (χ1n) is 20.7. The number of aromatic nitrogens is 2. The Hall–Kier alpha value is -5.33. The molecule has 0 atom stereocenters. The SMILES string of the molecule is CCOC(=O)CN1CCC2(CC1)CC(COc1cccc(-c3ccc(N4CCc5cccc(C(=O)Nc6nc7ccccc7s6)c5C4)nc3C(=O)OC(C)(C)C)c1C)C2. The van der Waals surface area contributed by atoms with Crippen molar-refractivity contribution < 1.29 is 28.6 Å². The zero-order valence-corrected chi connectivity index (χ0v) is 35.5. The third-order valence-electron chi connectivity index (χ3n) is 11.9. The Morgan fingerprint density at radius 2 is 1.69 bits per heavy atom. The lowest BCUT2D eigenvalue weighted by molar-refractivity contribution is -0.145. The summed E-state index contributed by atoms with van der Waals surface area (Å²) in [6.07, 6.45) is 5.17. The number of likely N-dealkylation sites (tertiary alicyclic amines) is 1. The third kappa shape index (κ3) is 8.99. The Morgan fingerprint density at radius 1 is 0.915 bits per heavy atom. The molecule has 4 heterocycles. The molecular formula is C47H53N5O6S. The summed E-state index contributed by atoms with van der Waals surface area (Å²) in [6.45, 7) is 13.8. The van der Waals surface area contributed by atoms with E-state index in [0.29, 0.717) is 66.3 Å². The van der Waals surface area contributed by atoms with Crippen LogP contribution < -0.4 is 15.0 Å². The maximum atomic E-state index is 14.0. The van der Waals surface area contributed by atoms with Gasteiger partial charge in [-0.3, -0.25) is 19.8 Å². The van der Waals surface area contributed by atoms with Crippen LogP contribution in [-0.2, 0) is 27.2 Å². The number of hydrogen-bond acceptors (Lipinski definition) is 11. The lowest BCUT2D eigenvalue weighted by Gasteiger charge is -2.52. The molecule has 59 heavy (non-hydrogen) atoms. The number of para-hydroxylation sites is 1. The molecule has 8 rings (SSSR count). The molecule has 0 bridgehead atoms. The number of fused-ring (bicyclic) bond motifs is 2. The summed E-state index contributed by atoms with van der Waals surface area (Å²) in [5.41, 5.74) is 5.81. The van der Waals surface area contributed by atoms with Crippen molar-refractivity contribution in [2.75, 3.05) is 49.6 Å². The molecule has 308 valence electrons. The van der Waals surface area contributed by atoms with Gasteiger partial charge in [0.05, 0.1) is 30.0 Å². The molecule has 1 saturated carbocycles. The highest BCUT2D eigenvalue weighted by atomic mass is 32.1. The largest absolute Gasteiger partial charge is 0.493 e. The number of esters is 2. The molecule has 11 nitrogen and oxygen atoms in total. The summed E-state index contributed by atoms with van der Waals surface area (Å²) in [4.78, 5) is 53.6. The summed E-state index contributed by atoms with van der Waals surface area (Å²) in [5.74, 6) is 1.05. The number of pyridine rings is 1. The topological polar surface area (TPSA) is 123 Å². The molecule has 2 aromatic heterocycles. The van der Waals surface area contributed by atoms with E-state index in [0.717, 1.165) is 83.4 Å². The summed E-state index contributed by atoms with van der Waals surface area (Å²) in [7, 11) is 0. The van der Waals surface area contributed by atoms with Crippen LogP contribution in [0.15, 0.2) is 72.8 Å². The van der Waals surface area contributed by atoms with Gasteiger partial charge in [-0.25, -0.2) is 14.8 Å². The van der Waals surface area contributed by atoms with Crippen LogP contribution in [0.3, 0.4) is 0 Å². The van der Waals surface area contributed by atoms with E-state index >= 15 is 0 Å². The molecule has 1 aliphatic carbocycles. The smallest absolute Gasteiger partial charge is 0.358 e. The molecule has 0 radical (unpaired) electrons. The first-order chi connectivity index (χ1) is 28.4. The monoisotopic (exact) mass is 815 g/mol. The average molecular weight is 816 g/mol. The number of hydrogen-bond donors (Lipinski definition) is 1. The molecule has 2 fully saturated rings. The molecule has 5 aromatic rings. The molecular weight excluding hydrogens is 763 g/mol. The Kier molecular flexibility index (Phi) is 11.5. The summed E-state index contributed by atoms with van der Waals surface area (Å²) < 4.78 is 18.6. The highest BCUT2D eigenvalue weighted by molar-refractivity contribution is 7.22. The number of carbonyl (C=O) groups is 3. The van der Waals surface area contributed by atoms with Crippen molar-refractivity contribution in [3.05, 3.63) is 101 Å². The van der Waals surface area contributed by atoms with Crippen LogP contribution in [0.5, 0.6) is 5.75 Å². The minimum absolute atomic E-state index is 0.141. The minimum Gasteiger partial charge on any atom is -0.493 e. The molecule has 1 saturated heterocycles. The van der Waals surface area contributed by atoms with E-state index in [1.54, 1.807) is 0 Å². The van der Waals surface area contributed by atoms with Gasteiger partial charge in [0.2, 0.25) is 0 Å². The van der Waals surface area contributed by atoms with Crippen molar-refractivity contribution in [1.29, 1.82) is 0 Å². The Bertz CT molecular complexity index is 2340. The lowest BCUT2D eigenvalue weighted by atomic mass is 9.58. The van der Waals surface area contributed by atoms with Crippen LogP contribution in [0.4, 0.5) is 10.9 Å². The molecule has 2 aliphatic heterocycles. The van der Waals surface area contributed by atoms with E-state index < -0.39 is 11.6 Å². The number of rotatable bonds is 11. The quantitative estimate of drug-likeness (QED) is 0.129. The molecule has 1 amide bonds. The van der Waals surface area contributed by atoms with Crippen molar-refractivity contribution in [2.45, 2.75) is 78.9 Å². The van der Waals surface area contributed by atoms with Crippen molar-refractivity contribution in [2.24, 2.45) is 11.3 Å². The fourth-order valence-corrected chi connectivity index (χ4v) is 9.80. The molecule has 12 heteroatoms. The standard InChI is InChI=1S/C47H53N5O6S/c1-6-56-41(53)28-51-23-20-47(21-24-51)25-31(26-47)29-57-38-15-10-12-33(30(38)2)34-17-18-40(49-42(34)44(55)58-46(3,4)5)52-22-19-32-11-9-13-35(36(32)27-52)43(54)50-45-48-37-14-7-8-16-39(37)59-45/h7-18,31H,6,19-29H2,1-5H3,(H,48,50,54). The van der Waals surface area contributed by atoms with E-state index in [1.165, 1.54) is 11.3 Å². The molecule has 3 aliphatic rings. The maximum absolute atomic E-state index is 14.0. The van der Waals surface area contributed by atoms with E-state index in [2.05, 4.69) is 26.2 Å². The summed E-state index contributed by atoms with van der Waals surface area (Å²) in [6, 6.07) is 23.6. The minimum atomic E-state index is -0.723. The van der Waals surface area contributed by atoms with Crippen molar-refractivity contribution in [1.82, 2.24) is 14.9 Å². The number of thiazole rings is 1. The van der Waals surface area contributed by atoms with Gasteiger partial charge in [0, 0.05) is 24.2 Å². The first kappa shape index (κ1) is 40.4. The average Bonchev–Trinajstić information content (AvgIpc) is 3.61. The number of benzene rings is 3. The number of nitrogens with zero attached hydrogens (tertiary/aromatic N) is 4. The third-order valence-corrected chi connectivity index (χ3v) is 12.8. The second kappa shape index (κ2) is 16.7. The summed E-state index contributed by atoms with van der Waals surface area (Å²) in [5, 5.41) is 3.59. The van der Waals surface area contributed by atoms with Gasteiger partial charge < -0.3 is 19.1 Å². The van der Waals surface area contributed by atoms with Crippen molar-refractivity contribution in [3.63, 3.8) is 0 Å². The number of anilines is 2. The van der Waals surface area contributed by atoms with Gasteiger partial charge in [-0.05, 0) is 150 Å². The Balaban J connectivity index is 0.978.